The van der Waals surface area contributed by atoms with Crippen LogP contribution in [0.15, 0.2) is 78.0 Å². The van der Waals surface area contributed by atoms with Crippen molar-refractivity contribution >= 4 is 17.7 Å². The van der Waals surface area contributed by atoms with E-state index >= 15 is 0 Å². The van der Waals surface area contributed by atoms with Crippen molar-refractivity contribution in [2.24, 2.45) is 4.99 Å². The number of pyridine rings is 1. The van der Waals surface area contributed by atoms with Gasteiger partial charge >= 0.3 is 0 Å². The van der Waals surface area contributed by atoms with Crippen molar-refractivity contribution in [2.45, 2.75) is 0 Å². The monoisotopic (exact) mass is 286 g/mol. The number of aromatic amines is 1. The third-order valence-corrected chi connectivity index (χ3v) is 3.50. The van der Waals surface area contributed by atoms with Crippen molar-refractivity contribution in [1.82, 2.24) is 14.4 Å². The van der Waals surface area contributed by atoms with Crippen LogP contribution in [0.4, 0.5) is 5.82 Å². The fourth-order valence-corrected chi connectivity index (χ4v) is 2.45. The molecule has 0 aliphatic carbocycles. The van der Waals surface area contributed by atoms with Gasteiger partial charge in [0.1, 0.15) is 11.3 Å². The van der Waals surface area contributed by atoms with Gasteiger partial charge in [-0.1, -0.05) is 36.4 Å². The predicted octanol–water partition coefficient (Wildman–Crippen LogP) is 4.08. The molecule has 0 saturated heterocycles. The number of nitrogens with zero attached hydrogens (tertiary/aromatic N) is 3. The van der Waals surface area contributed by atoms with Gasteiger partial charge in [0, 0.05) is 18.0 Å². The number of nitrogens with one attached hydrogen (secondary N) is 1. The number of hydrogen-bond donors (Lipinski definition) is 1. The summed E-state index contributed by atoms with van der Waals surface area (Å²) in [5.74, 6) is 0.830. The largest absolute Gasteiger partial charge is 0.360 e. The van der Waals surface area contributed by atoms with Gasteiger partial charge in [0.2, 0.25) is 0 Å². The van der Waals surface area contributed by atoms with Gasteiger partial charge in [-0.2, -0.15) is 0 Å². The van der Waals surface area contributed by atoms with Crippen LogP contribution in [0.5, 0.6) is 0 Å². The quantitative estimate of drug-likeness (QED) is 0.567. The summed E-state index contributed by atoms with van der Waals surface area (Å²) < 4.78 is 2.00. The second-order valence-electron chi connectivity index (χ2n) is 4.96. The van der Waals surface area contributed by atoms with Crippen LogP contribution in [0.2, 0.25) is 0 Å². The lowest BCUT2D eigenvalue weighted by molar-refractivity contribution is 1.17. The lowest BCUT2D eigenvalue weighted by Crippen LogP contribution is -1.84. The standard InChI is InChI=1S/C18H14N4/c1-2-7-14(8-3-1)17-18(20-13-15-9-6-11-19-15)22-12-5-4-10-16(22)21-17/h1-13,19H/b20-13+. The van der Waals surface area contributed by atoms with Gasteiger partial charge in [0.25, 0.3) is 0 Å². The molecule has 0 saturated carbocycles. The highest BCUT2D eigenvalue weighted by Gasteiger charge is 2.12. The summed E-state index contributed by atoms with van der Waals surface area (Å²) >= 11 is 0. The summed E-state index contributed by atoms with van der Waals surface area (Å²) in [6, 6.07) is 20.0. The van der Waals surface area contributed by atoms with Gasteiger partial charge in [-0.3, -0.25) is 4.40 Å². The third kappa shape index (κ3) is 2.20. The van der Waals surface area contributed by atoms with Gasteiger partial charge in [-0.15, -0.1) is 0 Å². The Balaban J connectivity index is 1.90. The summed E-state index contributed by atoms with van der Waals surface area (Å²) in [7, 11) is 0. The lowest BCUT2D eigenvalue weighted by Gasteiger charge is -1.99. The molecule has 4 aromatic rings. The van der Waals surface area contributed by atoms with Crippen molar-refractivity contribution in [2.75, 3.05) is 0 Å². The predicted molar refractivity (Wildman–Crippen MR) is 88.7 cm³/mol. The van der Waals surface area contributed by atoms with Crippen LogP contribution < -0.4 is 0 Å². The van der Waals surface area contributed by atoms with Gasteiger partial charge < -0.3 is 4.98 Å². The molecule has 106 valence electrons. The molecular weight excluding hydrogens is 272 g/mol. The fraction of sp³-hybridized carbons (Fsp3) is 0. The molecule has 4 heteroatoms. The first kappa shape index (κ1) is 12.6. The Bertz CT molecular complexity index is 918. The van der Waals surface area contributed by atoms with E-state index in [0.29, 0.717) is 0 Å². The zero-order valence-corrected chi connectivity index (χ0v) is 11.8. The summed E-state index contributed by atoms with van der Waals surface area (Å²) in [6.07, 6.45) is 5.69. The minimum absolute atomic E-state index is 0.830. The Morgan fingerprint density at radius 3 is 2.64 bits per heavy atom. The summed E-state index contributed by atoms with van der Waals surface area (Å²) in [4.78, 5) is 12.5. The molecule has 0 radical (unpaired) electrons. The molecule has 0 atom stereocenters. The SMILES string of the molecule is C(=N\c1c(-c2ccccc2)nc2ccccn12)/c1ccc[nH]1. The molecule has 0 aliphatic heterocycles. The van der Waals surface area contributed by atoms with E-state index in [0.717, 1.165) is 28.4 Å². The molecule has 3 aromatic heterocycles. The van der Waals surface area contributed by atoms with Crippen molar-refractivity contribution < 1.29 is 0 Å². The molecule has 0 fully saturated rings. The fourth-order valence-electron chi connectivity index (χ4n) is 2.45. The molecule has 1 aromatic carbocycles. The lowest BCUT2D eigenvalue weighted by atomic mass is 10.1. The average molecular weight is 286 g/mol. The van der Waals surface area contributed by atoms with E-state index in [1.807, 2.05) is 71.5 Å². The number of benzene rings is 1. The van der Waals surface area contributed by atoms with Crippen molar-refractivity contribution in [1.29, 1.82) is 0 Å². The average Bonchev–Trinajstić information content (AvgIpc) is 3.21. The third-order valence-electron chi connectivity index (χ3n) is 3.50. The number of aliphatic imine (C=N–C) groups is 1. The minimum atomic E-state index is 0.830. The zero-order valence-electron chi connectivity index (χ0n) is 11.8. The molecule has 4 rings (SSSR count). The number of hydrogen-bond acceptors (Lipinski definition) is 2. The molecule has 0 bridgehead atoms. The Hall–Kier alpha value is -3.14. The minimum Gasteiger partial charge on any atom is -0.360 e. The number of fused-ring (bicyclic) bond motifs is 1. The van der Waals surface area contributed by atoms with E-state index in [2.05, 4.69) is 22.1 Å². The highest BCUT2D eigenvalue weighted by Crippen LogP contribution is 2.30. The van der Waals surface area contributed by atoms with Crippen LogP contribution in [0.25, 0.3) is 16.9 Å². The van der Waals surface area contributed by atoms with Crippen molar-refractivity contribution in [3.8, 4) is 11.3 Å². The zero-order chi connectivity index (χ0) is 14.8. The molecule has 22 heavy (non-hydrogen) atoms. The Morgan fingerprint density at radius 2 is 1.82 bits per heavy atom. The highest BCUT2D eigenvalue weighted by molar-refractivity contribution is 5.83. The van der Waals surface area contributed by atoms with Crippen LogP contribution in [-0.4, -0.2) is 20.6 Å². The number of imidazole rings is 1. The molecule has 3 heterocycles. The van der Waals surface area contributed by atoms with Gasteiger partial charge in [0.05, 0.1) is 11.9 Å². The Morgan fingerprint density at radius 1 is 0.955 bits per heavy atom. The maximum atomic E-state index is 4.72. The molecule has 0 spiro atoms. The maximum absolute atomic E-state index is 4.72. The van der Waals surface area contributed by atoms with Crippen LogP contribution in [-0.2, 0) is 0 Å². The van der Waals surface area contributed by atoms with Crippen LogP contribution in [0.3, 0.4) is 0 Å². The van der Waals surface area contributed by atoms with Crippen molar-refractivity contribution in [3.63, 3.8) is 0 Å². The molecule has 4 nitrogen and oxygen atoms in total. The molecule has 0 unspecified atom stereocenters. The van der Waals surface area contributed by atoms with E-state index in [-0.39, 0.29) is 0 Å². The summed E-state index contributed by atoms with van der Waals surface area (Å²) in [5, 5.41) is 0. The topological polar surface area (TPSA) is 45.5 Å². The smallest absolute Gasteiger partial charge is 0.165 e. The number of aromatic nitrogens is 3. The molecule has 0 amide bonds. The van der Waals surface area contributed by atoms with Gasteiger partial charge in [-0.05, 0) is 24.3 Å². The van der Waals surface area contributed by atoms with E-state index < -0.39 is 0 Å². The first-order chi connectivity index (χ1) is 10.9. The second kappa shape index (κ2) is 5.33. The normalized spacial score (nSPS) is 11.5. The van der Waals surface area contributed by atoms with E-state index in [1.165, 1.54) is 0 Å². The van der Waals surface area contributed by atoms with Crippen LogP contribution >= 0.6 is 0 Å². The first-order valence-electron chi connectivity index (χ1n) is 7.12. The number of H-pyrrole nitrogens is 1. The second-order valence-corrected chi connectivity index (χ2v) is 4.96. The Kier molecular flexibility index (Phi) is 3.05. The molecule has 1 N–H and O–H groups in total. The van der Waals surface area contributed by atoms with E-state index in [9.17, 15) is 0 Å². The summed E-state index contributed by atoms with van der Waals surface area (Å²) in [5.41, 5.74) is 3.80. The number of rotatable bonds is 3. The van der Waals surface area contributed by atoms with E-state index in [4.69, 9.17) is 4.98 Å². The van der Waals surface area contributed by atoms with Gasteiger partial charge in [0.15, 0.2) is 5.82 Å². The molecular formula is C18H14N4. The molecule has 0 aliphatic rings. The first-order valence-corrected chi connectivity index (χ1v) is 7.12. The van der Waals surface area contributed by atoms with E-state index in [1.54, 1.807) is 0 Å². The Labute approximate surface area is 127 Å². The highest BCUT2D eigenvalue weighted by atomic mass is 15.1. The maximum Gasteiger partial charge on any atom is 0.165 e. The van der Waals surface area contributed by atoms with Crippen LogP contribution in [0, 0.1) is 0 Å². The van der Waals surface area contributed by atoms with Crippen LogP contribution in [0.1, 0.15) is 5.69 Å². The van der Waals surface area contributed by atoms with Crippen molar-refractivity contribution in [3.05, 3.63) is 78.8 Å². The summed E-state index contributed by atoms with van der Waals surface area (Å²) in [6.45, 7) is 0. The van der Waals surface area contributed by atoms with Gasteiger partial charge in [-0.25, -0.2) is 9.98 Å².